The number of amidine groups is 1. The molecule has 1 aliphatic carbocycles. The zero-order valence-corrected chi connectivity index (χ0v) is 11.8. The number of piperidine rings is 1. The second kappa shape index (κ2) is 5.08. The van der Waals surface area contributed by atoms with Crippen molar-refractivity contribution in [3.63, 3.8) is 0 Å². The van der Waals surface area contributed by atoms with Crippen LogP contribution in [0.5, 0.6) is 0 Å². The minimum atomic E-state index is -0.392. The summed E-state index contributed by atoms with van der Waals surface area (Å²) in [4.78, 5) is 2.20. The van der Waals surface area contributed by atoms with Crippen LogP contribution in [0.4, 0.5) is 10.1 Å². The lowest BCUT2D eigenvalue weighted by Gasteiger charge is -2.41. The van der Waals surface area contributed by atoms with Gasteiger partial charge in [0.2, 0.25) is 0 Å². The standard InChI is InChI=1S/C16H22FN3/c17-12-4-3-5-13(14(12)15(18)19)20-10-8-16(9-11-20)6-1-2-7-16/h3-5H,1-2,6-11H2,(H3,18,19). The summed E-state index contributed by atoms with van der Waals surface area (Å²) in [6.45, 7) is 1.90. The Kier molecular flexibility index (Phi) is 3.40. The molecule has 1 aromatic rings. The molecule has 0 bridgehead atoms. The normalized spacial score (nSPS) is 21.4. The van der Waals surface area contributed by atoms with Gasteiger partial charge in [0.1, 0.15) is 11.7 Å². The van der Waals surface area contributed by atoms with Crippen molar-refractivity contribution in [2.24, 2.45) is 11.1 Å². The van der Waals surface area contributed by atoms with Crippen LogP contribution in [0, 0.1) is 16.6 Å². The van der Waals surface area contributed by atoms with Gasteiger partial charge in [0, 0.05) is 13.1 Å². The number of nitrogens with two attached hydrogens (primary N) is 1. The molecule has 0 radical (unpaired) electrons. The number of hydrogen-bond acceptors (Lipinski definition) is 2. The molecule has 1 saturated carbocycles. The highest BCUT2D eigenvalue weighted by molar-refractivity contribution is 6.00. The first kappa shape index (κ1) is 13.4. The Morgan fingerprint density at radius 1 is 1.15 bits per heavy atom. The predicted octanol–water partition coefficient (Wildman–Crippen LogP) is 3.27. The van der Waals surface area contributed by atoms with E-state index in [9.17, 15) is 4.39 Å². The van der Waals surface area contributed by atoms with Crippen molar-refractivity contribution in [2.45, 2.75) is 38.5 Å². The van der Waals surface area contributed by atoms with Crippen molar-refractivity contribution in [3.05, 3.63) is 29.6 Å². The molecular weight excluding hydrogens is 253 g/mol. The topological polar surface area (TPSA) is 53.1 Å². The largest absolute Gasteiger partial charge is 0.384 e. The van der Waals surface area contributed by atoms with Crippen molar-refractivity contribution < 1.29 is 4.39 Å². The molecule has 1 aromatic carbocycles. The molecule has 108 valence electrons. The predicted molar refractivity (Wildman–Crippen MR) is 79.8 cm³/mol. The van der Waals surface area contributed by atoms with E-state index in [1.807, 2.05) is 6.07 Å². The Balaban J connectivity index is 1.81. The number of anilines is 1. The Bertz CT molecular complexity index is 510. The molecule has 0 amide bonds. The van der Waals surface area contributed by atoms with Crippen molar-refractivity contribution in [3.8, 4) is 0 Å². The first-order valence-corrected chi connectivity index (χ1v) is 7.49. The van der Waals surface area contributed by atoms with E-state index in [1.54, 1.807) is 6.07 Å². The monoisotopic (exact) mass is 275 g/mol. The van der Waals surface area contributed by atoms with Crippen LogP contribution in [0.1, 0.15) is 44.1 Å². The molecule has 1 heterocycles. The van der Waals surface area contributed by atoms with Crippen molar-refractivity contribution in [1.82, 2.24) is 0 Å². The van der Waals surface area contributed by atoms with Gasteiger partial charge < -0.3 is 10.6 Å². The van der Waals surface area contributed by atoms with E-state index in [2.05, 4.69) is 4.90 Å². The van der Waals surface area contributed by atoms with E-state index < -0.39 is 5.82 Å². The average molecular weight is 275 g/mol. The number of nitrogen functional groups attached to an aromatic ring is 1. The Labute approximate surface area is 119 Å². The van der Waals surface area contributed by atoms with Crippen molar-refractivity contribution in [1.29, 1.82) is 5.41 Å². The maximum absolute atomic E-state index is 13.9. The first-order valence-electron chi connectivity index (χ1n) is 7.49. The Hall–Kier alpha value is -1.58. The van der Waals surface area contributed by atoms with E-state index >= 15 is 0 Å². The molecule has 2 aliphatic rings. The number of benzene rings is 1. The first-order chi connectivity index (χ1) is 9.61. The van der Waals surface area contributed by atoms with Crippen molar-refractivity contribution in [2.75, 3.05) is 18.0 Å². The average Bonchev–Trinajstić information content (AvgIpc) is 2.87. The molecule has 2 fully saturated rings. The van der Waals surface area contributed by atoms with Gasteiger partial charge in [-0.2, -0.15) is 0 Å². The Morgan fingerprint density at radius 2 is 1.80 bits per heavy atom. The quantitative estimate of drug-likeness (QED) is 0.643. The molecule has 20 heavy (non-hydrogen) atoms. The van der Waals surface area contributed by atoms with Crippen LogP contribution in [0.15, 0.2) is 18.2 Å². The highest BCUT2D eigenvalue weighted by Gasteiger charge is 2.37. The lowest BCUT2D eigenvalue weighted by Crippen LogP contribution is -2.39. The number of nitrogens with zero attached hydrogens (tertiary/aromatic N) is 1. The summed E-state index contributed by atoms with van der Waals surface area (Å²) in [5.74, 6) is -0.574. The fraction of sp³-hybridized carbons (Fsp3) is 0.562. The highest BCUT2D eigenvalue weighted by Crippen LogP contribution is 2.46. The molecule has 0 atom stereocenters. The van der Waals surface area contributed by atoms with Gasteiger partial charge in [-0.3, -0.25) is 5.41 Å². The van der Waals surface area contributed by atoms with E-state index in [4.69, 9.17) is 11.1 Å². The van der Waals surface area contributed by atoms with E-state index in [1.165, 1.54) is 44.6 Å². The number of hydrogen-bond donors (Lipinski definition) is 2. The van der Waals surface area contributed by atoms with E-state index in [0.29, 0.717) is 5.41 Å². The molecule has 4 heteroatoms. The Morgan fingerprint density at radius 3 is 2.40 bits per heavy atom. The molecule has 3 N–H and O–H groups in total. The second-order valence-electron chi connectivity index (χ2n) is 6.24. The number of halogens is 1. The van der Waals surface area contributed by atoms with Crippen LogP contribution in [0.25, 0.3) is 0 Å². The van der Waals surface area contributed by atoms with Gasteiger partial charge in [-0.25, -0.2) is 4.39 Å². The zero-order valence-electron chi connectivity index (χ0n) is 11.8. The van der Waals surface area contributed by atoms with Gasteiger partial charge >= 0.3 is 0 Å². The van der Waals surface area contributed by atoms with Gasteiger partial charge in [-0.15, -0.1) is 0 Å². The molecule has 0 unspecified atom stereocenters. The third kappa shape index (κ3) is 2.28. The summed E-state index contributed by atoms with van der Waals surface area (Å²) >= 11 is 0. The molecule has 3 nitrogen and oxygen atoms in total. The molecule has 1 saturated heterocycles. The van der Waals surface area contributed by atoms with Gasteiger partial charge in [0.05, 0.1) is 11.3 Å². The summed E-state index contributed by atoms with van der Waals surface area (Å²) in [6, 6.07) is 4.96. The molecule has 1 aliphatic heterocycles. The smallest absolute Gasteiger partial charge is 0.136 e. The summed E-state index contributed by atoms with van der Waals surface area (Å²) < 4.78 is 13.9. The summed E-state index contributed by atoms with van der Waals surface area (Å²) in [5, 5.41) is 7.61. The minimum absolute atomic E-state index is 0.181. The fourth-order valence-electron chi connectivity index (χ4n) is 3.89. The van der Waals surface area contributed by atoms with Crippen LogP contribution >= 0.6 is 0 Å². The summed E-state index contributed by atoms with van der Waals surface area (Å²) in [6.07, 6.45) is 7.78. The maximum atomic E-state index is 13.9. The van der Waals surface area contributed by atoms with Crippen LogP contribution < -0.4 is 10.6 Å². The van der Waals surface area contributed by atoms with Gasteiger partial charge in [-0.05, 0) is 43.2 Å². The van der Waals surface area contributed by atoms with Crippen LogP contribution in [-0.4, -0.2) is 18.9 Å². The van der Waals surface area contributed by atoms with E-state index in [0.717, 1.165) is 18.8 Å². The molecular formula is C16H22FN3. The minimum Gasteiger partial charge on any atom is -0.384 e. The fourth-order valence-corrected chi connectivity index (χ4v) is 3.89. The van der Waals surface area contributed by atoms with Gasteiger partial charge in [0.25, 0.3) is 0 Å². The molecule has 1 spiro atoms. The lowest BCUT2D eigenvalue weighted by molar-refractivity contribution is 0.226. The van der Waals surface area contributed by atoms with Crippen LogP contribution in [-0.2, 0) is 0 Å². The third-order valence-electron chi connectivity index (χ3n) is 5.09. The van der Waals surface area contributed by atoms with Gasteiger partial charge in [-0.1, -0.05) is 18.9 Å². The van der Waals surface area contributed by atoms with Crippen molar-refractivity contribution >= 4 is 11.5 Å². The SMILES string of the molecule is N=C(N)c1c(F)cccc1N1CCC2(CCCC2)CC1. The second-order valence-corrected chi connectivity index (χ2v) is 6.24. The maximum Gasteiger partial charge on any atom is 0.136 e. The van der Waals surface area contributed by atoms with Crippen LogP contribution in [0.3, 0.4) is 0 Å². The zero-order chi connectivity index (χ0) is 14.2. The highest BCUT2D eigenvalue weighted by atomic mass is 19.1. The van der Waals surface area contributed by atoms with Crippen LogP contribution in [0.2, 0.25) is 0 Å². The van der Waals surface area contributed by atoms with E-state index in [-0.39, 0.29) is 11.4 Å². The summed E-state index contributed by atoms with van der Waals surface area (Å²) in [5.41, 5.74) is 7.14. The summed E-state index contributed by atoms with van der Waals surface area (Å²) in [7, 11) is 0. The third-order valence-corrected chi connectivity index (χ3v) is 5.09. The molecule has 0 aromatic heterocycles. The number of rotatable bonds is 2. The molecule has 3 rings (SSSR count). The lowest BCUT2D eigenvalue weighted by atomic mass is 9.77. The number of nitrogens with one attached hydrogen (secondary N) is 1. The van der Waals surface area contributed by atoms with Gasteiger partial charge in [0.15, 0.2) is 0 Å².